The Hall–Kier alpha value is -1.15. The van der Waals surface area contributed by atoms with E-state index in [1.807, 2.05) is 0 Å². The second kappa shape index (κ2) is 8.98. The van der Waals surface area contributed by atoms with Gasteiger partial charge in [0.2, 0.25) is 15.9 Å². The number of nitrogens with one attached hydrogen (secondary N) is 2. The summed E-state index contributed by atoms with van der Waals surface area (Å²) in [7, 11) is -3.64. The summed E-state index contributed by atoms with van der Waals surface area (Å²) in [6.07, 6.45) is 4.05. The maximum absolute atomic E-state index is 12.9. The van der Waals surface area contributed by atoms with E-state index in [4.69, 9.17) is 0 Å². The van der Waals surface area contributed by atoms with Crippen molar-refractivity contribution in [3.05, 3.63) is 30.3 Å². The van der Waals surface area contributed by atoms with Crippen molar-refractivity contribution >= 4 is 28.3 Å². The SMILES string of the molecule is Cl.O=C(NC1CCNCC1)C1CCCCN1S(=O)(=O)c1ccccc1. The number of carbonyl (C=O) groups excluding carboxylic acids is 1. The molecule has 2 aliphatic heterocycles. The van der Waals surface area contributed by atoms with Crippen molar-refractivity contribution in [3.63, 3.8) is 0 Å². The van der Waals surface area contributed by atoms with Gasteiger partial charge in [0.1, 0.15) is 6.04 Å². The standard InChI is InChI=1S/C17H25N3O3S.ClH/c21-17(19-14-9-11-18-12-10-14)16-8-4-5-13-20(16)24(22,23)15-6-2-1-3-7-15;/h1-3,6-7,14,16,18H,4-5,8-13H2,(H,19,21);1H. The van der Waals surface area contributed by atoms with E-state index in [9.17, 15) is 13.2 Å². The quantitative estimate of drug-likeness (QED) is 0.821. The lowest BCUT2D eigenvalue weighted by Crippen LogP contribution is -2.54. The van der Waals surface area contributed by atoms with E-state index in [-0.39, 0.29) is 29.3 Å². The van der Waals surface area contributed by atoms with Crippen molar-refractivity contribution in [1.29, 1.82) is 0 Å². The average molecular weight is 388 g/mol. The zero-order chi connectivity index (χ0) is 17.0. The number of sulfonamides is 1. The van der Waals surface area contributed by atoms with Gasteiger partial charge in [0, 0.05) is 12.6 Å². The minimum Gasteiger partial charge on any atom is -0.352 e. The van der Waals surface area contributed by atoms with Gasteiger partial charge in [-0.3, -0.25) is 4.79 Å². The zero-order valence-corrected chi connectivity index (χ0v) is 15.8. The van der Waals surface area contributed by atoms with Crippen LogP contribution in [-0.4, -0.2) is 50.3 Å². The molecule has 2 saturated heterocycles. The summed E-state index contributed by atoms with van der Waals surface area (Å²) < 4.78 is 27.3. The Bertz CT molecular complexity index is 663. The number of rotatable bonds is 4. The van der Waals surface area contributed by atoms with Crippen molar-refractivity contribution in [3.8, 4) is 0 Å². The first-order valence-corrected chi connectivity index (χ1v) is 10.1. The van der Waals surface area contributed by atoms with Crippen LogP contribution in [0.2, 0.25) is 0 Å². The molecule has 2 fully saturated rings. The normalized spacial score (nSPS) is 22.8. The van der Waals surface area contributed by atoms with Crippen molar-refractivity contribution in [2.45, 2.75) is 49.1 Å². The first-order valence-electron chi connectivity index (χ1n) is 8.67. The molecule has 1 amide bonds. The van der Waals surface area contributed by atoms with Gasteiger partial charge in [-0.05, 0) is 50.9 Å². The largest absolute Gasteiger partial charge is 0.352 e. The van der Waals surface area contributed by atoms with Gasteiger partial charge in [-0.2, -0.15) is 4.31 Å². The molecule has 1 aromatic rings. The first kappa shape index (κ1) is 20.2. The zero-order valence-electron chi connectivity index (χ0n) is 14.2. The smallest absolute Gasteiger partial charge is 0.243 e. The van der Waals surface area contributed by atoms with Crippen LogP contribution in [-0.2, 0) is 14.8 Å². The monoisotopic (exact) mass is 387 g/mol. The van der Waals surface area contributed by atoms with E-state index in [0.717, 1.165) is 38.8 Å². The second-order valence-corrected chi connectivity index (χ2v) is 8.36. The molecule has 2 heterocycles. The Morgan fingerprint density at radius 1 is 1.08 bits per heavy atom. The minimum atomic E-state index is -3.64. The first-order chi connectivity index (χ1) is 11.6. The third-order valence-electron chi connectivity index (χ3n) is 4.79. The van der Waals surface area contributed by atoms with Gasteiger partial charge >= 0.3 is 0 Å². The topological polar surface area (TPSA) is 78.5 Å². The summed E-state index contributed by atoms with van der Waals surface area (Å²) in [5.41, 5.74) is 0. The molecule has 140 valence electrons. The molecule has 2 aliphatic rings. The number of carbonyl (C=O) groups is 1. The van der Waals surface area contributed by atoms with Crippen molar-refractivity contribution in [1.82, 2.24) is 14.9 Å². The van der Waals surface area contributed by atoms with Crippen molar-refractivity contribution < 1.29 is 13.2 Å². The highest BCUT2D eigenvalue weighted by Gasteiger charge is 2.38. The van der Waals surface area contributed by atoms with E-state index in [1.165, 1.54) is 4.31 Å². The molecule has 0 bridgehead atoms. The summed E-state index contributed by atoms with van der Waals surface area (Å²) >= 11 is 0. The summed E-state index contributed by atoms with van der Waals surface area (Å²) in [6.45, 7) is 2.19. The third kappa shape index (κ3) is 4.73. The van der Waals surface area contributed by atoms with Crippen molar-refractivity contribution in [2.75, 3.05) is 19.6 Å². The van der Waals surface area contributed by atoms with Crippen LogP contribution < -0.4 is 10.6 Å². The summed E-state index contributed by atoms with van der Waals surface area (Å²) in [4.78, 5) is 13.0. The highest BCUT2D eigenvalue weighted by molar-refractivity contribution is 7.89. The second-order valence-electron chi connectivity index (χ2n) is 6.47. The number of amides is 1. The maximum Gasteiger partial charge on any atom is 0.243 e. The average Bonchev–Trinajstić information content (AvgIpc) is 2.63. The van der Waals surface area contributed by atoms with Gasteiger partial charge in [-0.1, -0.05) is 24.6 Å². The fourth-order valence-corrected chi connectivity index (χ4v) is 5.12. The fraction of sp³-hybridized carbons (Fsp3) is 0.588. The van der Waals surface area contributed by atoms with Gasteiger partial charge in [-0.25, -0.2) is 8.42 Å². The predicted molar refractivity (Wildman–Crippen MR) is 99.3 cm³/mol. The Morgan fingerprint density at radius 3 is 2.44 bits per heavy atom. The third-order valence-corrected chi connectivity index (χ3v) is 6.71. The molecule has 3 rings (SSSR count). The van der Waals surface area contributed by atoms with Gasteiger partial charge < -0.3 is 10.6 Å². The molecule has 8 heteroatoms. The predicted octanol–water partition coefficient (Wildman–Crippen LogP) is 1.52. The molecule has 0 saturated carbocycles. The molecule has 0 aromatic heterocycles. The van der Waals surface area contributed by atoms with Gasteiger partial charge in [0.15, 0.2) is 0 Å². The van der Waals surface area contributed by atoms with Gasteiger partial charge in [0.05, 0.1) is 4.90 Å². The van der Waals surface area contributed by atoms with E-state index in [1.54, 1.807) is 30.3 Å². The van der Waals surface area contributed by atoms with E-state index in [2.05, 4.69) is 10.6 Å². The Kier molecular flexibility index (Phi) is 7.25. The fourth-order valence-electron chi connectivity index (χ4n) is 3.45. The molecule has 6 nitrogen and oxygen atoms in total. The van der Waals surface area contributed by atoms with Crippen LogP contribution in [0.1, 0.15) is 32.1 Å². The lowest BCUT2D eigenvalue weighted by molar-refractivity contribution is -0.126. The van der Waals surface area contributed by atoms with E-state index >= 15 is 0 Å². The molecular weight excluding hydrogens is 362 g/mol. The summed E-state index contributed by atoms with van der Waals surface area (Å²) in [6, 6.07) is 7.93. The van der Waals surface area contributed by atoms with Crippen LogP contribution in [0.5, 0.6) is 0 Å². The Balaban J connectivity index is 0.00000225. The molecule has 1 aromatic carbocycles. The lowest BCUT2D eigenvalue weighted by atomic mass is 10.0. The Labute approximate surface area is 155 Å². The van der Waals surface area contributed by atoms with Crippen LogP contribution in [0.4, 0.5) is 0 Å². The van der Waals surface area contributed by atoms with Crippen LogP contribution in [0.25, 0.3) is 0 Å². The number of benzene rings is 1. The van der Waals surface area contributed by atoms with Gasteiger partial charge in [0.25, 0.3) is 0 Å². The maximum atomic E-state index is 12.9. The van der Waals surface area contributed by atoms with E-state index < -0.39 is 16.1 Å². The van der Waals surface area contributed by atoms with E-state index in [0.29, 0.717) is 13.0 Å². The molecule has 0 radical (unpaired) electrons. The van der Waals surface area contributed by atoms with Crippen LogP contribution >= 0.6 is 12.4 Å². The number of piperidine rings is 2. The highest BCUT2D eigenvalue weighted by atomic mass is 35.5. The van der Waals surface area contributed by atoms with Crippen LogP contribution in [0, 0.1) is 0 Å². The minimum absolute atomic E-state index is 0. The van der Waals surface area contributed by atoms with Crippen LogP contribution in [0.3, 0.4) is 0 Å². The summed E-state index contributed by atoms with van der Waals surface area (Å²) in [5, 5.41) is 6.32. The Morgan fingerprint density at radius 2 is 1.76 bits per heavy atom. The lowest BCUT2D eigenvalue weighted by Gasteiger charge is -2.35. The summed E-state index contributed by atoms with van der Waals surface area (Å²) in [5.74, 6) is -0.152. The van der Waals surface area contributed by atoms with Crippen LogP contribution in [0.15, 0.2) is 35.2 Å². The molecule has 25 heavy (non-hydrogen) atoms. The highest BCUT2D eigenvalue weighted by Crippen LogP contribution is 2.25. The number of hydrogen-bond donors (Lipinski definition) is 2. The molecule has 0 aliphatic carbocycles. The van der Waals surface area contributed by atoms with Crippen molar-refractivity contribution in [2.24, 2.45) is 0 Å². The molecule has 1 atom stereocenters. The number of hydrogen-bond acceptors (Lipinski definition) is 4. The molecular formula is C17H26ClN3O3S. The molecule has 0 spiro atoms. The molecule has 2 N–H and O–H groups in total. The van der Waals surface area contributed by atoms with Gasteiger partial charge in [-0.15, -0.1) is 12.4 Å². The molecule has 1 unspecified atom stereocenters. The number of nitrogens with zero attached hydrogens (tertiary/aromatic N) is 1. The number of halogens is 1.